The van der Waals surface area contributed by atoms with Gasteiger partial charge < -0.3 is 10.6 Å². The zero-order valence-corrected chi connectivity index (χ0v) is 15.6. The van der Waals surface area contributed by atoms with Gasteiger partial charge in [0.1, 0.15) is 0 Å². The smallest absolute Gasteiger partial charge is 0.308 e. The van der Waals surface area contributed by atoms with Crippen LogP contribution in [-0.2, 0) is 11.0 Å². The van der Waals surface area contributed by atoms with E-state index in [2.05, 4.69) is 21.2 Å². The zero-order chi connectivity index (χ0) is 20.3. The van der Waals surface area contributed by atoms with Crippen LogP contribution < -0.4 is 21.4 Å². The van der Waals surface area contributed by atoms with E-state index in [-0.39, 0.29) is 16.9 Å². The number of benzene rings is 2. The average Bonchev–Trinajstić information content (AvgIpc) is 2.63. The highest BCUT2D eigenvalue weighted by Crippen LogP contribution is 2.30. The van der Waals surface area contributed by atoms with Crippen molar-refractivity contribution in [2.75, 3.05) is 10.6 Å². The second kappa shape index (κ2) is 7.98. The molecule has 0 fully saturated rings. The Balaban J connectivity index is 1.71. The molecule has 3 amide bonds. The summed E-state index contributed by atoms with van der Waals surface area (Å²) >= 11 is 0. The highest BCUT2D eigenvalue weighted by atomic mass is 31.0. The Morgan fingerprint density at radius 2 is 1.79 bits per heavy atom. The van der Waals surface area contributed by atoms with Crippen molar-refractivity contribution in [1.82, 2.24) is 5.43 Å². The van der Waals surface area contributed by atoms with E-state index < -0.39 is 17.8 Å². The molecular formula is C18H16F3N4O2P. The van der Waals surface area contributed by atoms with Crippen molar-refractivity contribution in [3.05, 3.63) is 53.6 Å². The molecule has 1 unspecified atom stereocenters. The predicted molar refractivity (Wildman–Crippen MR) is 104 cm³/mol. The van der Waals surface area contributed by atoms with E-state index in [0.29, 0.717) is 24.2 Å². The molecule has 2 aromatic rings. The summed E-state index contributed by atoms with van der Waals surface area (Å²) in [6.07, 6.45) is -3.72. The number of hydrazone groups is 1. The van der Waals surface area contributed by atoms with Gasteiger partial charge in [-0.1, -0.05) is 18.2 Å². The molecule has 1 atom stereocenters. The molecule has 0 aromatic heterocycles. The van der Waals surface area contributed by atoms with Gasteiger partial charge >= 0.3 is 12.2 Å². The summed E-state index contributed by atoms with van der Waals surface area (Å²) in [5.41, 5.74) is 3.42. The number of anilines is 2. The first-order valence-corrected chi connectivity index (χ1v) is 8.80. The lowest BCUT2D eigenvalue weighted by molar-refractivity contribution is -0.136. The molecule has 2 aromatic carbocycles. The van der Waals surface area contributed by atoms with Crippen LogP contribution in [0.4, 0.5) is 29.3 Å². The molecule has 3 rings (SSSR count). The fraction of sp³-hybridized carbons (Fsp3) is 0.167. The first-order chi connectivity index (χ1) is 13.2. The van der Waals surface area contributed by atoms with Gasteiger partial charge in [-0.05, 0) is 35.1 Å². The third-order valence-electron chi connectivity index (χ3n) is 3.97. The molecule has 1 aliphatic rings. The molecule has 10 heteroatoms. The minimum absolute atomic E-state index is 0.00786. The lowest BCUT2D eigenvalue weighted by atomic mass is 10.0. The van der Waals surface area contributed by atoms with Crippen molar-refractivity contribution in [2.24, 2.45) is 5.10 Å². The topological polar surface area (TPSA) is 82.6 Å². The molecule has 3 N–H and O–H groups in total. The maximum absolute atomic E-state index is 13.0. The van der Waals surface area contributed by atoms with Crippen LogP contribution in [0, 0.1) is 0 Å². The van der Waals surface area contributed by atoms with Crippen LogP contribution in [0.25, 0.3) is 0 Å². The number of halogens is 3. The predicted octanol–water partition coefficient (Wildman–Crippen LogP) is 3.46. The number of urea groups is 1. The van der Waals surface area contributed by atoms with Crippen molar-refractivity contribution >= 4 is 43.6 Å². The molecule has 1 heterocycles. The summed E-state index contributed by atoms with van der Waals surface area (Å²) in [6.45, 7) is 0. The lowest BCUT2D eigenvalue weighted by Gasteiger charge is -2.14. The van der Waals surface area contributed by atoms with Crippen molar-refractivity contribution < 1.29 is 22.8 Å². The minimum atomic E-state index is -4.52. The lowest BCUT2D eigenvalue weighted by Crippen LogP contribution is -2.26. The van der Waals surface area contributed by atoms with Crippen molar-refractivity contribution in [3.8, 4) is 0 Å². The highest BCUT2D eigenvalue weighted by Gasteiger charge is 2.32. The normalized spacial score (nSPS) is 14.1. The molecule has 6 nitrogen and oxygen atoms in total. The van der Waals surface area contributed by atoms with Crippen LogP contribution in [0.1, 0.15) is 24.0 Å². The monoisotopic (exact) mass is 408 g/mol. The van der Waals surface area contributed by atoms with Crippen LogP contribution in [0.3, 0.4) is 0 Å². The number of nitrogens with zero attached hydrogens (tertiary/aromatic N) is 1. The van der Waals surface area contributed by atoms with Gasteiger partial charge in [-0.25, -0.2) is 10.2 Å². The van der Waals surface area contributed by atoms with Crippen LogP contribution in [0.2, 0.25) is 0 Å². The van der Waals surface area contributed by atoms with Gasteiger partial charge in [0.25, 0.3) is 0 Å². The third kappa shape index (κ3) is 4.86. The minimum Gasteiger partial charge on any atom is -0.308 e. The Labute approximate surface area is 160 Å². The summed E-state index contributed by atoms with van der Waals surface area (Å²) in [6, 6.07) is 9.63. The fourth-order valence-corrected chi connectivity index (χ4v) is 2.98. The molecule has 0 saturated heterocycles. The van der Waals surface area contributed by atoms with Gasteiger partial charge in [0.05, 0.1) is 11.3 Å². The number of nitrogens with one attached hydrogen (secondary N) is 3. The molecule has 146 valence electrons. The Morgan fingerprint density at radius 1 is 1.07 bits per heavy atom. The van der Waals surface area contributed by atoms with Crippen molar-refractivity contribution in [3.63, 3.8) is 0 Å². The number of hydrogen-bond acceptors (Lipinski definition) is 3. The average molecular weight is 408 g/mol. The molecule has 1 aliphatic heterocycles. The second-order valence-corrected chi connectivity index (χ2v) is 6.68. The largest absolute Gasteiger partial charge is 0.417 e. The summed E-state index contributed by atoms with van der Waals surface area (Å²) in [5.74, 6) is -0.160. The van der Waals surface area contributed by atoms with Gasteiger partial charge in [-0.3, -0.25) is 4.79 Å². The van der Waals surface area contributed by atoms with Crippen molar-refractivity contribution in [1.29, 1.82) is 0 Å². The number of carbonyl (C=O) groups is 2. The summed E-state index contributed by atoms with van der Waals surface area (Å²) in [5, 5.41) is 8.94. The van der Waals surface area contributed by atoms with Gasteiger partial charge in [0.15, 0.2) is 0 Å². The number of carbonyl (C=O) groups excluding carboxylic acids is 2. The van der Waals surface area contributed by atoms with Gasteiger partial charge in [0.2, 0.25) is 5.91 Å². The number of alkyl halides is 3. The number of hydrogen-bond donors (Lipinski definition) is 3. The van der Waals surface area contributed by atoms with E-state index in [1.165, 1.54) is 12.1 Å². The van der Waals surface area contributed by atoms with Crippen LogP contribution in [-0.4, -0.2) is 17.6 Å². The number of amides is 3. The standard InChI is InChI=1S/C18H16F3N4O2P/c19-18(20,21)13-9-12(4-6-15(13)28)23-17(27)22-11-3-1-2-10(8-11)14-5-7-16(26)25-24-14/h1-4,6,8-9H,5,7,28H2,(H,25,26)(H2,22,23,27). The Hall–Kier alpha value is -2.93. The number of rotatable bonds is 3. The first-order valence-electron chi connectivity index (χ1n) is 8.23. The SMILES string of the molecule is O=C1CCC(c2cccc(NC(=O)Nc3ccc(P)c(C(F)(F)F)c3)c2)=NN1. The fourth-order valence-electron chi connectivity index (χ4n) is 2.63. The van der Waals surface area contributed by atoms with Gasteiger partial charge in [0, 0.05) is 24.2 Å². The zero-order valence-electron chi connectivity index (χ0n) is 14.4. The summed E-state index contributed by atoms with van der Waals surface area (Å²) < 4.78 is 38.9. The van der Waals surface area contributed by atoms with E-state index in [1.807, 2.05) is 9.24 Å². The molecule has 28 heavy (non-hydrogen) atoms. The van der Waals surface area contributed by atoms with Crippen LogP contribution >= 0.6 is 9.24 Å². The van der Waals surface area contributed by atoms with Gasteiger partial charge in [-0.2, -0.15) is 18.3 Å². The Bertz CT molecular complexity index is 960. The van der Waals surface area contributed by atoms with E-state index in [0.717, 1.165) is 11.6 Å². The third-order valence-corrected chi connectivity index (χ3v) is 4.48. The molecule has 0 bridgehead atoms. The molecule has 0 spiro atoms. The quantitative estimate of drug-likeness (QED) is 0.680. The maximum Gasteiger partial charge on any atom is 0.417 e. The first kappa shape index (κ1) is 19.8. The molecule has 0 aliphatic carbocycles. The Morgan fingerprint density at radius 3 is 2.43 bits per heavy atom. The maximum atomic E-state index is 13.0. The molecule has 0 saturated carbocycles. The Kier molecular flexibility index (Phi) is 5.65. The van der Waals surface area contributed by atoms with Crippen LogP contribution in [0.5, 0.6) is 0 Å². The molecule has 0 radical (unpaired) electrons. The van der Waals surface area contributed by atoms with Crippen LogP contribution in [0.15, 0.2) is 47.6 Å². The van der Waals surface area contributed by atoms with E-state index in [4.69, 9.17) is 0 Å². The van der Waals surface area contributed by atoms with E-state index in [9.17, 15) is 22.8 Å². The summed E-state index contributed by atoms with van der Waals surface area (Å²) in [4.78, 5) is 23.3. The van der Waals surface area contributed by atoms with Crippen molar-refractivity contribution in [2.45, 2.75) is 19.0 Å². The van der Waals surface area contributed by atoms with E-state index >= 15 is 0 Å². The second-order valence-electron chi connectivity index (χ2n) is 6.05. The summed E-state index contributed by atoms with van der Waals surface area (Å²) in [7, 11) is 2.02. The van der Waals surface area contributed by atoms with Gasteiger partial charge in [-0.15, -0.1) is 9.24 Å². The molecular weight excluding hydrogens is 392 g/mol. The van der Waals surface area contributed by atoms with E-state index in [1.54, 1.807) is 24.3 Å². The highest BCUT2D eigenvalue weighted by molar-refractivity contribution is 7.27.